The summed E-state index contributed by atoms with van der Waals surface area (Å²) in [5.41, 5.74) is 2.09. The van der Waals surface area contributed by atoms with Crippen LogP contribution < -0.4 is 10.1 Å². The van der Waals surface area contributed by atoms with Crippen molar-refractivity contribution in [3.63, 3.8) is 0 Å². The normalized spacial score (nSPS) is 10.9. The van der Waals surface area contributed by atoms with Crippen molar-refractivity contribution >= 4 is 11.7 Å². The molecule has 0 fully saturated rings. The average Bonchev–Trinajstić information content (AvgIpc) is 2.85. The molecule has 0 heterocycles. The number of anilines is 1. The molecule has 0 amide bonds. The first-order valence-corrected chi connectivity index (χ1v) is 13.9. The minimum absolute atomic E-state index is 0.232. The molecule has 2 aromatic rings. The van der Waals surface area contributed by atoms with Crippen molar-refractivity contribution in [1.82, 2.24) is 0 Å². The molecule has 2 aromatic carbocycles. The molecule has 0 bridgehead atoms. The fraction of sp³-hybridized carbons (Fsp3) is 0.581. The van der Waals surface area contributed by atoms with Crippen molar-refractivity contribution in [3.05, 3.63) is 60.2 Å². The number of hydrogen-bond acceptors (Lipinski definition) is 3. The van der Waals surface area contributed by atoms with Crippen LogP contribution in [0.1, 0.15) is 109 Å². The molecule has 34 heavy (non-hydrogen) atoms. The van der Waals surface area contributed by atoms with Crippen molar-refractivity contribution < 1.29 is 9.53 Å². The van der Waals surface area contributed by atoms with Crippen molar-refractivity contribution in [2.24, 2.45) is 0 Å². The SMILES string of the molecule is CCCCCCCCCCCCCCCCCNc1ccc(CC(=O)Oc2ccccc2)cc1. The van der Waals surface area contributed by atoms with Crippen LogP contribution in [0.4, 0.5) is 5.69 Å². The summed E-state index contributed by atoms with van der Waals surface area (Å²) in [7, 11) is 0. The van der Waals surface area contributed by atoms with Gasteiger partial charge in [0.05, 0.1) is 6.42 Å². The number of hydrogen-bond donors (Lipinski definition) is 1. The average molecular weight is 466 g/mol. The molecule has 188 valence electrons. The van der Waals surface area contributed by atoms with Crippen LogP contribution in [-0.4, -0.2) is 12.5 Å². The molecule has 0 spiro atoms. The fourth-order valence-corrected chi connectivity index (χ4v) is 4.29. The van der Waals surface area contributed by atoms with Crippen LogP contribution in [0, 0.1) is 0 Å². The van der Waals surface area contributed by atoms with E-state index in [1.54, 1.807) is 12.1 Å². The van der Waals surface area contributed by atoms with Crippen LogP contribution in [0.5, 0.6) is 5.75 Å². The lowest BCUT2D eigenvalue weighted by Gasteiger charge is -2.08. The molecule has 0 radical (unpaired) electrons. The Labute approximate surface area is 208 Å². The van der Waals surface area contributed by atoms with Gasteiger partial charge in [-0.25, -0.2) is 0 Å². The van der Waals surface area contributed by atoms with E-state index in [1.807, 2.05) is 30.3 Å². The van der Waals surface area contributed by atoms with Gasteiger partial charge in [0.1, 0.15) is 5.75 Å². The van der Waals surface area contributed by atoms with Gasteiger partial charge in [-0.2, -0.15) is 0 Å². The van der Waals surface area contributed by atoms with Crippen molar-refractivity contribution in [3.8, 4) is 5.75 Å². The number of carbonyl (C=O) groups is 1. The topological polar surface area (TPSA) is 38.3 Å². The van der Waals surface area contributed by atoms with Gasteiger partial charge in [0.15, 0.2) is 0 Å². The highest BCUT2D eigenvalue weighted by atomic mass is 16.5. The van der Waals surface area contributed by atoms with Crippen LogP contribution in [0.15, 0.2) is 54.6 Å². The molecule has 0 aliphatic rings. The zero-order valence-corrected chi connectivity index (χ0v) is 21.5. The van der Waals surface area contributed by atoms with Crippen LogP contribution in [0.3, 0.4) is 0 Å². The van der Waals surface area contributed by atoms with E-state index >= 15 is 0 Å². The first-order chi connectivity index (χ1) is 16.8. The molecule has 2 rings (SSSR count). The van der Waals surface area contributed by atoms with Crippen molar-refractivity contribution in [1.29, 1.82) is 0 Å². The van der Waals surface area contributed by atoms with Gasteiger partial charge in [-0.05, 0) is 36.2 Å². The predicted molar refractivity (Wildman–Crippen MR) is 146 cm³/mol. The second kappa shape index (κ2) is 19.1. The number of ether oxygens (including phenoxy) is 1. The Morgan fingerprint density at radius 3 is 1.68 bits per heavy atom. The van der Waals surface area contributed by atoms with Crippen LogP contribution >= 0.6 is 0 Å². The maximum Gasteiger partial charge on any atom is 0.315 e. The summed E-state index contributed by atoms with van der Waals surface area (Å²) in [6.07, 6.45) is 21.2. The van der Waals surface area contributed by atoms with Gasteiger partial charge >= 0.3 is 5.97 Å². The minimum atomic E-state index is -0.232. The van der Waals surface area contributed by atoms with E-state index in [0.29, 0.717) is 5.75 Å². The van der Waals surface area contributed by atoms with E-state index in [2.05, 4.69) is 24.4 Å². The zero-order valence-electron chi connectivity index (χ0n) is 21.5. The number of nitrogens with one attached hydrogen (secondary N) is 1. The van der Waals surface area contributed by atoms with Gasteiger partial charge in [0.2, 0.25) is 0 Å². The Morgan fingerprint density at radius 2 is 1.15 bits per heavy atom. The van der Waals surface area contributed by atoms with E-state index in [9.17, 15) is 4.79 Å². The molecular formula is C31H47NO2. The van der Waals surface area contributed by atoms with Gasteiger partial charge in [-0.15, -0.1) is 0 Å². The summed E-state index contributed by atoms with van der Waals surface area (Å²) in [5.74, 6) is 0.360. The molecule has 0 atom stereocenters. The minimum Gasteiger partial charge on any atom is -0.426 e. The quantitative estimate of drug-likeness (QED) is 0.120. The third-order valence-electron chi connectivity index (χ3n) is 6.39. The molecule has 0 aliphatic carbocycles. The lowest BCUT2D eigenvalue weighted by Crippen LogP contribution is -2.11. The summed E-state index contributed by atoms with van der Waals surface area (Å²) < 4.78 is 5.36. The summed E-state index contributed by atoms with van der Waals surface area (Å²) in [6.45, 7) is 3.29. The molecule has 0 unspecified atom stereocenters. The molecule has 0 aliphatic heterocycles. The Kier molecular flexibility index (Phi) is 15.7. The number of para-hydroxylation sites is 1. The van der Waals surface area contributed by atoms with E-state index in [4.69, 9.17) is 4.74 Å². The monoisotopic (exact) mass is 465 g/mol. The third-order valence-corrected chi connectivity index (χ3v) is 6.39. The smallest absolute Gasteiger partial charge is 0.315 e. The summed E-state index contributed by atoms with van der Waals surface area (Å²) >= 11 is 0. The van der Waals surface area contributed by atoms with Gasteiger partial charge in [-0.1, -0.05) is 127 Å². The summed E-state index contributed by atoms with van der Waals surface area (Å²) in [4.78, 5) is 12.1. The Morgan fingerprint density at radius 1 is 0.647 bits per heavy atom. The molecule has 0 saturated heterocycles. The highest BCUT2D eigenvalue weighted by Gasteiger charge is 2.06. The Hall–Kier alpha value is -2.29. The van der Waals surface area contributed by atoms with Crippen LogP contribution in [0.25, 0.3) is 0 Å². The number of carbonyl (C=O) groups excluding carboxylic acids is 1. The second-order valence-corrected chi connectivity index (χ2v) is 9.54. The maximum atomic E-state index is 12.1. The van der Waals surface area contributed by atoms with E-state index < -0.39 is 0 Å². The number of benzene rings is 2. The number of rotatable bonds is 20. The molecule has 0 saturated carbocycles. The zero-order chi connectivity index (χ0) is 24.1. The van der Waals surface area contributed by atoms with Crippen LogP contribution in [-0.2, 0) is 11.2 Å². The lowest BCUT2D eigenvalue weighted by molar-refractivity contribution is -0.133. The van der Waals surface area contributed by atoms with Gasteiger partial charge in [-0.3, -0.25) is 4.79 Å². The van der Waals surface area contributed by atoms with Crippen LogP contribution in [0.2, 0.25) is 0 Å². The molecule has 1 N–H and O–H groups in total. The fourth-order valence-electron chi connectivity index (χ4n) is 4.29. The first-order valence-electron chi connectivity index (χ1n) is 13.9. The maximum absolute atomic E-state index is 12.1. The summed E-state index contributed by atoms with van der Waals surface area (Å²) in [5, 5.41) is 3.50. The van der Waals surface area contributed by atoms with E-state index in [0.717, 1.165) is 17.8 Å². The molecule has 3 nitrogen and oxygen atoms in total. The molecule has 0 aromatic heterocycles. The highest BCUT2D eigenvalue weighted by molar-refractivity contribution is 5.75. The predicted octanol–water partition coefficient (Wildman–Crippen LogP) is 9.12. The third kappa shape index (κ3) is 14.1. The highest BCUT2D eigenvalue weighted by Crippen LogP contribution is 2.15. The largest absolute Gasteiger partial charge is 0.426 e. The van der Waals surface area contributed by atoms with Gasteiger partial charge < -0.3 is 10.1 Å². The van der Waals surface area contributed by atoms with Crippen molar-refractivity contribution in [2.75, 3.05) is 11.9 Å². The van der Waals surface area contributed by atoms with Gasteiger partial charge in [0, 0.05) is 12.2 Å². The first kappa shape index (κ1) is 28.0. The van der Waals surface area contributed by atoms with Gasteiger partial charge in [0.25, 0.3) is 0 Å². The van der Waals surface area contributed by atoms with E-state index in [-0.39, 0.29) is 12.4 Å². The number of unbranched alkanes of at least 4 members (excludes halogenated alkanes) is 14. The Bertz CT molecular complexity index is 742. The van der Waals surface area contributed by atoms with Crippen molar-refractivity contribution in [2.45, 2.75) is 110 Å². The molecular weight excluding hydrogens is 418 g/mol. The van der Waals surface area contributed by atoms with E-state index in [1.165, 1.54) is 96.3 Å². The molecule has 3 heteroatoms. The number of esters is 1. The Balaban J connectivity index is 1.40. The summed E-state index contributed by atoms with van der Waals surface area (Å²) in [6, 6.07) is 17.3. The second-order valence-electron chi connectivity index (χ2n) is 9.54. The lowest BCUT2D eigenvalue weighted by atomic mass is 10.0. The standard InChI is InChI=1S/C31H47NO2/c1-2-3-4-5-6-7-8-9-10-11-12-13-14-15-19-26-32-29-24-22-28(23-25-29)27-31(33)34-30-20-17-16-18-21-30/h16-18,20-25,32H,2-15,19,26-27H2,1H3.